The van der Waals surface area contributed by atoms with Crippen LogP contribution in [0.1, 0.15) is 52.4 Å². The van der Waals surface area contributed by atoms with E-state index in [1.54, 1.807) is 0 Å². The number of nitrogens with two attached hydrogens (primary N) is 1. The minimum atomic E-state index is 0.377. The Balaban J connectivity index is 1.82. The second kappa shape index (κ2) is 4.97. The minimum Gasteiger partial charge on any atom is -0.388 e. The first-order chi connectivity index (χ1) is 8.01. The predicted octanol–water partition coefficient (Wildman–Crippen LogP) is 2.60. The van der Waals surface area contributed by atoms with E-state index in [9.17, 15) is 0 Å². The Kier molecular flexibility index (Phi) is 3.76. The second-order valence-corrected chi connectivity index (χ2v) is 6.59. The van der Waals surface area contributed by atoms with Gasteiger partial charge in [-0.1, -0.05) is 13.8 Å². The molecule has 0 aromatic carbocycles. The Bertz CT molecular complexity index is 277. The van der Waals surface area contributed by atoms with Gasteiger partial charge in [0.2, 0.25) is 0 Å². The molecule has 0 saturated heterocycles. The third-order valence-electron chi connectivity index (χ3n) is 4.12. The molecule has 0 atom stereocenters. The average Bonchev–Trinajstić information content (AvgIpc) is 3.05. The van der Waals surface area contributed by atoms with Gasteiger partial charge in [0.05, 0.1) is 5.84 Å². The zero-order chi connectivity index (χ0) is 12.5. The van der Waals surface area contributed by atoms with E-state index in [1.165, 1.54) is 45.2 Å². The first-order valence-corrected chi connectivity index (χ1v) is 7.08. The summed E-state index contributed by atoms with van der Waals surface area (Å²) in [6.45, 7) is 7.02. The van der Waals surface area contributed by atoms with Crippen molar-refractivity contribution >= 4 is 5.84 Å². The SMILES string of the molecule is CC(C)CCN(CC1(CC(=N)N)CC1)C1CC1. The highest BCUT2D eigenvalue weighted by Gasteiger charge is 2.46. The van der Waals surface area contributed by atoms with Crippen LogP contribution < -0.4 is 5.73 Å². The molecule has 0 amide bonds. The van der Waals surface area contributed by atoms with Crippen LogP contribution in [0.3, 0.4) is 0 Å². The van der Waals surface area contributed by atoms with Crippen LogP contribution in [-0.2, 0) is 0 Å². The molecule has 0 radical (unpaired) electrons. The van der Waals surface area contributed by atoms with E-state index < -0.39 is 0 Å². The fraction of sp³-hybridized carbons (Fsp3) is 0.929. The lowest BCUT2D eigenvalue weighted by Crippen LogP contribution is -2.35. The highest BCUT2D eigenvalue weighted by Crippen LogP contribution is 2.50. The Morgan fingerprint density at radius 1 is 1.41 bits per heavy atom. The van der Waals surface area contributed by atoms with E-state index in [0.717, 1.165) is 18.4 Å². The Morgan fingerprint density at radius 2 is 2.06 bits per heavy atom. The van der Waals surface area contributed by atoms with E-state index in [2.05, 4.69) is 18.7 Å². The Morgan fingerprint density at radius 3 is 2.47 bits per heavy atom. The molecule has 2 aliphatic carbocycles. The predicted molar refractivity (Wildman–Crippen MR) is 72.2 cm³/mol. The van der Waals surface area contributed by atoms with Gasteiger partial charge in [-0.25, -0.2) is 0 Å². The molecular formula is C14H27N3. The lowest BCUT2D eigenvalue weighted by Gasteiger charge is -2.28. The maximum atomic E-state index is 7.49. The van der Waals surface area contributed by atoms with Gasteiger partial charge < -0.3 is 5.73 Å². The average molecular weight is 237 g/mol. The summed E-state index contributed by atoms with van der Waals surface area (Å²) in [7, 11) is 0. The number of nitrogens with zero attached hydrogens (tertiary/aromatic N) is 1. The summed E-state index contributed by atoms with van der Waals surface area (Å²) >= 11 is 0. The van der Waals surface area contributed by atoms with Crippen molar-refractivity contribution in [1.29, 1.82) is 5.41 Å². The molecule has 3 N–H and O–H groups in total. The molecule has 0 spiro atoms. The van der Waals surface area contributed by atoms with E-state index in [-0.39, 0.29) is 0 Å². The van der Waals surface area contributed by atoms with Gasteiger partial charge in [0, 0.05) is 19.0 Å². The van der Waals surface area contributed by atoms with Gasteiger partial charge in [-0.05, 0) is 50.0 Å². The van der Waals surface area contributed by atoms with Crippen molar-refractivity contribution in [3.63, 3.8) is 0 Å². The van der Waals surface area contributed by atoms with Crippen LogP contribution >= 0.6 is 0 Å². The topological polar surface area (TPSA) is 53.1 Å². The summed E-state index contributed by atoms with van der Waals surface area (Å²) in [6.07, 6.45) is 7.43. The molecule has 98 valence electrons. The third kappa shape index (κ3) is 3.98. The lowest BCUT2D eigenvalue weighted by molar-refractivity contribution is 0.202. The molecule has 3 heteroatoms. The number of nitrogens with one attached hydrogen (secondary N) is 1. The van der Waals surface area contributed by atoms with Crippen LogP contribution in [0.5, 0.6) is 0 Å². The third-order valence-corrected chi connectivity index (χ3v) is 4.12. The first-order valence-electron chi connectivity index (χ1n) is 7.08. The molecular weight excluding hydrogens is 210 g/mol. The molecule has 17 heavy (non-hydrogen) atoms. The molecule has 0 aromatic rings. The van der Waals surface area contributed by atoms with Crippen LogP contribution in [0.2, 0.25) is 0 Å². The normalized spacial score (nSPS) is 22.1. The Hall–Kier alpha value is -0.570. The van der Waals surface area contributed by atoms with E-state index in [1.807, 2.05) is 0 Å². The fourth-order valence-electron chi connectivity index (χ4n) is 2.66. The fourth-order valence-corrected chi connectivity index (χ4v) is 2.66. The summed E-state index contributed by atoms with van der Waals surface area (Å²) in [5.74, 6) is 1.17. The van der Waals surface area contributed by atoms with Crippen molar-refractivity contribution in [2.75, 3.05) is 13.1 Å². The largest absolute Gasteiger partial charge is 0.388 e. The van der Waals surface area contributed by atoms with Gasteiger partial charge >= 0.3 is 0 Å². The molecule has 0 aliphatic heterocycles. The minimum absolute atomic E-state index is 0.377. The molecule has 2 fully saturated rings. The van der Waals surface area contributed by atoms with Crippen molar-refractivity contribution < 1.29 is 0 Å². The number of hydrogen-bond acceptors (Lipinski definition) is 2. The second-order valence-electron chi connectivity index (χ2n) is 6.59. The summed E-state index contributed by atoms with van der Waals surface area (Å²) in [5.41, 5.74) is 5.95. The van der Waals surface area contributed by atoms with Crippen LogP contribution in [0, 0.1) is 16.7 Å². The zero-order valence-corrected chi connectivity index (χ0v) is 11.3. The van der Waals surface area contributed by atoms with E-state index in [0.29, 0.717) is 11.3 Å². The van der Waals surface area contributed by atoms with Crippen LogP contribution in [0.4, 0.5) is 0 Å². The van der Waals surface area contributed by atoms with Gasteiger partial charge in [-0.15, -0.1) is 0 Å². The highest BCUT2D eigenvalue weighted by molar-refractivity contribution is 5.78. The van der Waals surface area contributed by atoms with E-state index in [4.69, 9.17) is 11.1 Å². The summed E-state index contributed by atoms with van der Waals surface area (Å²) in [4.78, 5) is 2.68. The van der Waals surface area contributed by atoms with Crippen LogP contribution in [0.15, 0.2) is 0 Å². The molecule has 3 nitrogen and oxygen atoms in total. The summed E-state index contributed by atoms with van der Waals surface area (Å²) in [5, 5.41) is 7.49. The highest BCUT2D eigenvalue weighted by atomic mass is 15.2. The van der Waals surface area contributed by atoms with Crippen molar-refractivity contribution in [3.05, 3.63) is 0 Å². The molecule has 0 aromatic heterocycles. The Labute approximate surface area is 105 Å². The van der Waals surface area contributed by atoms with Gasteiger partial charge in [0.25, 0.3) is 0 Å². The lowest BCUT2D eigenvalue weighted by atomic mass is 10.0. The van der Waals surface area contributed by atoms with Gasteiger partial charge in [0.1, 0.15) is 0 Å². The molecule has 2 saturated carbocycles. The zero-order valence-electron chi connectivity index (χ0n) is 11.3. The molecule has 0 heterocycles. The number of hydrogen-bond donors (Lipinski definition) is 2. The van der Waals surface area contributed by atoms with Crippen molar-refractivity contribution in [2.24, 2.45) is 17.1 Å². The monoisotopic (exact) mass is 237 g/mol. The van der Waals surface area contributed by atoms with Crippen molar-refractivity contribution in [2.45, 2.75) is 58.4 Å². The first kappa shape index (κ1) is 12.9. The van der Waals surface area contributed by atoms with Crippen LogP contribution in [0.25, 0.3) is 0 Å². The maximum Gasteiger partial charge on any atom is 0.0911 e. The smallest absolute Gasteiger partial charge is 0.0911 e. The number of rotatable bonds is 8. The molecule has 0 bridgehead atoms. The van der Waals surface area contributed by atoms with Crippen LogP contribution in [-0.4, -0.2) is 29.9 Å². The molecule has 2 rings (SSSR count). The maximum absolute atomic E-state index is 7.49. The summed E-state index contributed by atoms with van der Waals surface area (Å²) < 4.78 is 0. The van der Waals surface area contributed by atoms with Gasteiger partial charge in [-0.2, -0.15) is 0 Å². The molecule has 0 unspecified atom stereocenters. The molecule has 2 aliphatic rings. The van der Waals surface area contributed by atoms with E-state index >= 15 is 0 Å². The van der Waals surface area contributed by atoms with Gasteiger partial charge in [-0.3, -0.25) is 10.3 Å². The van der Waals surface area contributed by atoms with Crippen molar-refractivity contribution in [3.8, 4) is 0 Å². The van der Waals surface area contributed by atoms with Gasteiger partial charge in [0.15, 0.2) is 0 Å². The standard InChI is InChI=1S/C14H27N3/c1-11(2)5-8-17(12-3-4-12)10-14(6-7-14)9-13(15)16/h11-12H,3-10H2,1-2H3,(H3,15,16). The van der Waals surface area contributed by atoms with Crippen molar-refractivity contribution in [1.82, 2.24) is 4.90 Å². The summed E-state index contributed by atoms with van der Waals surface area (Å²) in [6, 6.07) is 0.846. The quantitative estimate of drug-likeness (QED) is 0.503. The number of amidine groups is 1.